The smallest absolute Gasteiger partial charge is 0.412 e. The molecule has 2 aromatic rings. The number of alkyl halides is 1. The minimum atomic E-state index is -0.717. The Bertz CT molecular complexity index is 721. The Kier molecular flexibility index (Phi) is 5.99. The van der Waals surface area contributed by atoms with Gasteiger partial charge in [0.05, 0.1) is 12.1 Å². The molecule has 2 aromatic carbocycles. The van der Waals surface area contributed by atoms with Gasteiger partial charge in [-0.05, 0) is 31.4 Å². The highest BCUT2D eigenvalue weighted by Gasteiger charge is 2.50. The molecular weight excluding hydrogens is 394 g/mol. The van der Waals surface area contributed by atoms with Crippen molar-refractivity contribution >= 4 is 22.0 Å². The number of benzene rings is 2. The summed E-state index contributed by atoms with van der Waals surface area (Å²) in [6.45, 7) is 4.08. The zero-order chi connectivity index (χ0) is 18.6. The van der Waals surface area contributed by atoms with Gasteiger partial charge < -0.3 is 9.47 Å². The molecular formula is C21H24BrNO3. The molecule has 138 valence electrons. The molecule has 1 aliphatic heterocycles. The first kappa shape index (κ1) is 18.9. The molecule has 1 heterocycles. The van der Waals surface area contributed by atoms with E-state index in [4.69, 9.17) is 9.47 Å². The number of nitrogens with zero attached hydrogens (tertiary/aromatic N) is 1. The Morgan fingerprint density at radius 2 is 1.65 bits per heavy atom. The summed E-state index contributed by atoms with van der Waals surface area (Å²) >= 11 is 3.53. The second kappa shape index (κ2) is 8.23. The average molecular weight is 418 g/mol. The normalized spacial score (nSPS) is 21.6. The first-order valence-electron chi connectivity index (χ1n) is 8.79. The van der Waals surface area contributed by atoms with Crippen molar-refractivity contribution in [2.24, 2.45) is 0 Å². The number of hydrogen-bond acceptors (Lipinski definition) is 3. The molecule has 1 amide bonds. The van der Waals surface area contributed by atoms with Crippen molar-refractivity contribution in [2.75, 3.05) is 5.33 Å². The van der Waals surface area contributed by atoms with Crippen LogP contribution in [0.5, 0.6) is 0 Å². The summed E-state index contributed by atoms with van der Waals surface area (Å²) < 4.78 is 11.7. The molecule has 0 aliphatic carbocycles. The van der Waals surface area contributed by atoms with Crippen LogP contribution in [0.2, 0.25) is 0 Å². The van der Waals surface area contributed by atoms with Crippen molar-refractivity contribution in [1.82, 2.24) is 4.90 Å². The molecule has 0 bridgehead atoms. The van der Waals surface area contributed by atoms with Crippen LogP contribution < -0.4 is 0 Å². The second-order valence-electron chi connectivity index (χ2n) is 6.92. The van der Waals surface area contributed by atoms with Gasteiger partial charge in [0.25, 0.3) is 0 Å². The Balaban J connectivity index is 1.77. The first-order chi connectivity index (χ1) is 12.5. The van der Waals surface area contributed by atoms with Gasteiger partial charge in [0.15, 0.2) is 0 Å². The van der Waals surface area contributed by atoms with E-state index in [-0.39, 0.29) is 24.8 Å². The van der Waals surface area contributed by atoms with Gasteiger partial charge in [0, 0.05) is 5.33 Å². The second-order valence-corrected chi connectivity index (χ2v) is 7.57. The third-order valence-corrected chi connectivity index (χ3v) is 5.26. The van der Waals surface area contributed by atoms with E-state index in [2.05, 4.69) is 28.1 Å². The molecule has 1 fully saturated rings. The van der Waals surface area contributed by atoms with Gasteiger partial charge in [0.1, 0.15) is 12.3 Å². The zero-order valence-corrected chi connectivity index (χ0v) is 16.7. The number of amides is 1. The van der Waals surface area contributed by atoms with Crippen molar-refractivity contribution in [3.05, 3.63) is 71.8 Å². The monoisotopic (exact) mass is 417 g/mol. The van der Waals surface area contributed by atoms with Crippen LogP contribution in [0.1, 0.15) is 25.0 Å². The number of rotatable bonds is 5. The molecule has 1 aliphatic rings. The minimum absolute atomic E-state index is 0.0879. The van der Waals surface area contributed by atoms with Crippen molar-refractivity contribution < 1.29 is 14.3 Å². The van der Waals surface area contributed by atoms with Crippen LogP contribution in [0.15, 0.2) is 60.7 Å². The SMILES string of the molecule is CC1(C)O[C@H](CBr)[C@H](Cc2ccccc2)N1C(=O)OCc1ccccc1. The van der Waals surface area contributed by atoms with E-state index in [0.717, 1.165) is 12.0 Å². The lowest BCUT2D eigenvalue weighted by atomic mass is 10.0. The largest absolute Gasteiger partial charge is 0.444 e. The lowest BCUT2D eigenvalue weighted by Crippen LogP contribution is -2.49. The first-order valence-corrected chi connectivity index (χ1v) is 9.91. The molecule has 0 N–H and O–H groups in total. The predicted molar refractivity (Wildman–Crippen MR) is 105 cm³/mol. The highest BCUT2D eigenvalue weighted by molar-refractivity contribution is 9.09. The molecule has 3 rings (SSSR count). The van der Waals surface area contributed by atoms with Crippen LogP contribution in [0, 0.1) is 0 Å². The minimum Gasteiger partial charge on any atom is -0.444 e. The summed E-state index contributed by atoms with van der Waals surface area (Å²) in [7, 11) is 0. The molecule has 1 saturated heterocycles. The quantitative estimate of drug-likeness (QED) is 0.657. The number of carbonyl (C=O) groups excluding carboxylic acids is 1. The van der Waals surface area contributed by atoms with Gasteiger partial charge in [-0.25, -0.2) is 4.79 Å². The third-order valence-electron chi connectivity index (χ3n) is 4.62. The van der Waals surface area contributed by atoms with Gasteiger partial charge in [0.2, 0.25) is 0 Å². The summed E-state index contributed by atoms with van der Waals surface area (Å²) in [4.78, 5) is 14.6. The van der Waals surface area contributed by atoms with Gasteiger partial charge in [-0.2, -0.15) is 0 Å². The number of hydrogen-bond donors (Lipinski definition) is 0. The van der Waals surface area contributed by atoms with E-state index >= 15 is 0 Å². The van der Waals surface area contributed by atoms with E-state index in [9.17, 15) is 4.79 Å². The number of ether oxygens (including phenoxy) is 2. The van der Waals surface area contributed by atoms with E-state index in [1.807, 2.05) is 62.4 Å². The highest BCUT2D eigenvalue weighted by atomic mass is 79.9. The fourth-order valence-corrected chi connectivity index (χ4v) is 3.99. The van der Waals surface area contributed by atoms with Crippen LogP contribution in [0.25, 0.3) is 0 Å². The van der Waals surface area contributed by atoms with Crippen molar-refractivity contribution in [1.29, 1.82) is 0 Å². The fourth-order valence-electron chi connectivity index (χ4n) is 3.43. The summed E-state index contributed by atoms with van der Waals surface area (Å²) in [5.41, 5.74) is 1.42. The maximum atomic E-state index is 12.9. The van der Waals surface area contributed by atoms with E-state index in [0.29, 0.717) is 5.33 Å². The maximum Gasteiger partial charge on any atom is 0.412 e. The summed E-state index contributed by atoms with van der Waals surface area (Å²) in [6, 6.07) is 19.8. The van der Waals surface area contributed by atoms with Crippen LogP contribution >= 0.6 is 15.9 Å². The Hall–Kier alpha value is -1.85. The summed E-state index contributed by atoms with van der Waals surface area (Å²) in [5.74, 6) is 0. The summed E-state index contributed by atoms with van der Waals surface area (Å²) in [6.07, 6.45) is 0.291. The molecule has 2 atom stereocenters. The fraction of sp³-hybridized carbons (Fsp3) is 0.381. The predicted octanol–water partition coefficient (Wildman–Crippen LogP) is 4.77. The van der Waals surface area contributed by atoms with Crippen molar-refractivity contribution in [2.45, 2.75) is 44.7 Å². The van der Waals surface area contributed by atoms with Gasteiger partial charge in [-0.3, -0.25) is 4.90 Å². The standard InChI is InChI=1S/C21H24BrNO3/c1-21(2)23(20(24)25-15-17-11-7-4-8-12-17)18(19(14-22)26-21)13-16-9-5-3-6-10-16/h3-12,18-19H,13-15H2,1-2H3/t18-,19+/m0/s1. The van der Waals surface area contributed by atoms with E-state index in [1.54, 1.807) is 4.90 Å². The third kappa shape index (κ3) is 4.27. The molecule has 0 radical (unpaired) electrons. The topological polar surface area (TPSA) is 38.8 Å². The van der Waals surface area contributed by atoms with E-state index in [1.165, 1.54) is 5.56 Å². The van der Waals surface area contributed by atoms with Crippen molar-refractivity contribution in [3.63, 3.8) is 0 Å². The molecule has 0 aromatic heterocycles. The Labute approximate surface area is 163 Å². The lowest BCUT2D eigenvalue weighted by Gasteiger charge is -2.33. The summed E-state index contributed by atoms with van der Waals surface area (Å²) in [5, 5.41) is 0.663. The highest BCUT2D eigenvalue weighted by Crippen LogP contribution is 2.35. The zero-order valence-electron chi connectivity index (χ0n) is 15.1. The average Bonchev–Trinajstić information content (AvgIpc) is 2.91. The molecule has 0 spiro atoms. The Morgan fingerprint density at radius 1 is 1.08 bits per heavy atom. The van der Waals surface area contributed by atoms with Gasteiger partial charge in [-0.15, -0.1) is 0 Å². The molecule has 26 heavy (non-hydrogen) atoms. The van der Waals surface area contributed by atoms with Crippen LogP contribution in [0.3, 0.4) is 0 Å². The molecule has 5 heteroatoms. The van der Waals surface area contributed by atoms with Crippen molar-refractivity contribution in [3.8, 4) is 0 Å². The molecule has 4 nitrogen and oxygen atoms in total. The maximum absolute atomic E-state index is 12.9. The van der Waals surface area contributed by atoms with Crippen LogP contribution in [-0.2, 0) is 22.5 Å². The van der Waals surface area contributed by atoms with E-state index < -0.39 is 5.72 Å². The number of halogens is 1. The van der Waals surface area contributed by atoms with Crippen LogP contribution in [0.4, 0.5) is 4.79 Å². The molecule has 0 unspecified atom stereocenters. The van der Waals surface area contributed by atoms with Crippen LogP contribution in [-0.4, -0.2) is 34.2 Å². The van der Waals surface area contributed by atoms with Gasteiger partial charge >= 0.3 is 6.09 Å². The number of carbonyl (C=O) groups is 1. The Morgan fingerprint density at radius 3 is 2.23 bits per heavy atom. The lowest BCUT2D eigenvalue weighted by molar-refractivity contribution is -0.0656. The molecule has 0 saturated carbocycles. The van der Waals surface area contributed by atoms with Gasteiger partial charge in [-0.1, -0.05) is 76.6 Å².